The van der Waals surface area contributed by atoms with Gasteiger partial charge in [0.1, 0.15) is 6.23 Å². The molecular formula is C25H23N3O7. The van der Waals surface area contributed by atoms with E-state index in [1.165, 1.54) is 42.4 Å². The van der Waals surface area contributed by atoms with Crippen LogP contribution in [0.25, 0.3) is 0 Å². The van der Waals surface area contributed by atoms with Crippen molar-refractivity contribution in [2.45, 2.75) is 25.6 Å². The highest BCUT2D eigenvalue weighted by atomic mass is 16.5. The minimum Gasteiger partial charge on any atom is -0.478 e. The molecule has 10 nitrogen and oxygen atoms in total. The number of rotatable bonds is 6. The summed E-state index contributed by atoms with van der Waals surface area (Å²) in [6.07, 6.45) is 4.13. The quantitative estimate of drug-likeness (QED) is 0.326. The van der Waals surface area contributed by atoms with Gasteiger partial charge in [0, 0.05) is 19.4 Å². The van der Waals surface area contributed by atoms with Crippen LogP contribution in [0, 0.1) is 6.92 Å². The first-order valence-corrected chi connectivity index (χ1v) is 10.7. The lowest BCUT2D eigenvalue weighted by Crippen LogP contribution is -2.43. The van der Waals surface area contributed by atoms with E-state index in [2.05, 4.69) is 5.32 Å². The lowest BCUT2D eigenvalue weighted by molar-refractivity contribution is -0.113. The van der Waals surface area contributed by atoms with Gasteiger partial charge < -0.3 is 30.5 Å². The molecule has 0 radical (unpaired) electrons. The van der Waals surface area contributed by atoms with Gasteiger partial charge in [0.05, 0.1) is 28.4 Å². The van der Waals surface area contributed by atoms with E-state index in [4.69, 9.17) is 15.2 Å². The molecule has 2 amide bonds. The van der Waals surface area contributed by atoms with Crippen LogP contribution in [0.15, 0.2) is 60.3 Å². The molecule has 0 fully saturated rings. The number of methoxy groups -OCH3 is 1. The number of carbonyl (C=O) groups is 4. The molecule has 2 aromatic rings. The van der Waals surface area contributed by atoms with Gasteiger partial charge in [0.2, 0.25) is 5.91 Å². The molecule has 4 rings (SSSR count). The summed E-state index contributed by atoms with van der Waals surface area (Å²) in [6, 6.07) is 8.53. The minimum absolute atomic E-state index is 0.0992. The van der Waals surface area contributed by atoms with Crippen LogP contribution in [-0.2, 0) is 9.53 Å². The van der Waals surface area contributed by atoms with E-state index < -0.39 is 30.1 Å². The van der Waals surface area contributed by atoms with E-state index in [9.17, 15) is 24.3 Å². The highest BCUT2D eigenvalue weighted by Gasteiger charge is 2.40. The number of nitrogens with two attached hydrogens (primary N) is 1. The zero-order valence-corrected chi connectivity index (χ0v) is 19.0. The van der Waals surface area contributed by atoms with Gasteiger partial charge in [-0.05, 0) is 42.7 Å². The Morgan fingerprint density at radius 3 is 2.54 bits per heavy atom. The maximum atomic E-state index is 13.5. The number of anilines is 1. The number of ether oxygens (including phenoxy) is 2. The molecule has 2 aliphatic heterocycles. The molecule has 0 spiro atoms. The molecule has 180 valence electrons. The summed E-state index contributed by atoms with van der Waals surface area (Å²) in [5.41, 5.74) is 6.65. The van der Waals surface area contributed by atoms with Gasteiger partial charge in [-0.1, -0.05) is 24.3 Å². The smallest absolute Gasteiger partial charge is 0.344 e. The van der Waals surface area contributed by atoms with E-state index in [-0.39, 0.29) is 34.0 Å². The summed E-state index contributed by atoms with van der Waals surface area (Å²) in [4.78, 5) is 50.6. The number of nitrogens with one attached hydrogen (secondary N) is 1. The van der Waals surface area contributed by atoms with Crippen LogP contribution < -0.4 is 15.8 Å². The normalized spacial score (nSPS) is 18.9. The Kier molecular flexibility index (Phi) is 6.39. The first-order chi connectivity index (χ1) is 16.7. The van der Waals surface area contributed by atoms with Crippen LogP contribution in [0.2, 0.25) is 0 Å². The maximum absolute atomic E-state index is 13.5. The molecule has 0 saturated heterocycles. The van der Waals surface area contributed by atoms with Gasteiger partial charge >= 0.3 is 11.9 Å². The van der Waals surface area contributed by atoms with Gasteiger partial charge in [0.15, 0.2) is 5.75 Å². The molecule has 2 atom stereocenters. The van der Waals surface area contributed by atoms with Crippen molar-refractivity contribution in [2.24, 2.45) is 5.73 Å². The lowest BCUT2D eigenvalue weighted by Gasteiger charge is -2.27. The Morgan fingerprint density at radius 1 is 1.17 bits per heavy atom. The third-order valence-electron chi connectivity index (χ3n) is 5.85. The number of aromatic carboxylic acids is 1. The number of carbonyl (C=O) groups excluding carboxylic acids is 3. The number of hydrogen-bond acceptors (Lipinski definition) is 7. The minimum atomic E-state index is -1.26. The molecule has 0 bridgehead atoms. The Hall–Kier alpha value is -4.44. The average molecular weight is 477 g/mol. The van der Waals surface area contributed by atoms with Crippen molar-refractivity contribution >= 4 is 29.4 Å². The number of fused-ring (bicyclic) bond motifs is 2. The molecular weight excluding hydrogens is 454 g/mol. The second-order valence-electron chi connectivity index (χ2n) is 8.10. The van der Waals surface area contributed by atoms with Crippen molar-refractivity contribution in [1.29, 1.82) is 0 Å². The summed E-state index contributed by atoms with van der Waals surface area (Å²) in [7, 11) is 1.48. The predicted octanol–water partition coefficient (Wildman–Crippen LogP) is 2.45. The topological polar surface area (TPSA) is 148 Å². The second kappa shape index (κ2) is 9.43. The standard InChI is InChI=1S/C25H23N3O7/c1-13-7-9-17-20(21(13)35-25(33)16-6-4-3-5-15(16)24(31)32)27-22(34-2)18-11-14(8-10-19(26)29)12-28(18)23(17)30/h3-10,12,18,22,27H,11H2,1-2H3,(H2,26,29)(H,31,32). The number of carboxylic acid groups (broad SMARTS) is 1. The number of hydrogen-bond donors (Lipinski definition) is 3. The lowest BCUT2D eigenvalue weighted by atomic mass is 10.1. The van der Waals surface area contributed by atoms with Crippen LogP contribution >= 0.6 is 0 Å². The van der Waals surface area contributed by atoms with Gasteiger partial charge in [-0.25, -0.2) is 9.59 Å². The van der Waals surface area contributed by atoms with Crippen LogP contribution in [0.4, 0.5) is 5.69 Å². The van der Waals surface area contributed by atoms with Gasteiger partial charge in [-0.15, -0.1) is 0 Å². The number of benzene rings is 2. The van der Waals surface area contributed by atoms with Crippen LogP contribution in [0.1, 0.15) is 43.1 Å². The number of aryl methyl sites for hydroxylation is 1. The van der Waals surface area contributed by atoms with Crippen molar-refractivity contribution in [1.82, 2.24) is 4.90 Å². The van der Waals surface area contributed by atoms with Crippen molar-refractivity contribution in [3.63, 3.8) is 0 Å². The summed E-state index contributed by atoms with van der Waals surface area (Å²) >= 11 is 0. The van der Waals surface area contributed by atoms with E-state index in [1.807, 2.05) is 0 Å². The fourth-order valence-electron chi connectivity index (χ4n) is 4.16. The third kappa shape index (κ3) is 4.51. The molecule has 0 aliphatic carbocycles. The number of primary amides is 1. The van der Waals surface area contributed by atoms with Crippen molar-refractivity contribution in [3.05, 3.63) is 82.6 Å². The van der Waals surface area contributed by atoms with Gasteiger partial charge in [-0.3, -0.25) is 9.59 Å². The second-order valence-corrected chi connectivity index (χ2v) is 8.10. The molecule has 2 heterocycles. The molecule has 10 heteroatoms. The first-order valence-electron chi connectivity index (χ1n) is 10.7. The Morgan fingerprint density at radius 2 is 1.89 bits per heavy atom. The number of nitrogens with zero attached hydrogens (tertiary/aromatic N) is 1. The van der Waals surface area contributed by atoms with Crippen LogP contribution in [0.3, 0.4) is 0 Å². The van der Waals surface area contributed by atoms with Gasteiger partial charge in [0.25, 0.3) is 5.91 Å². The fourth-order valence-corrected chi connectivity index (χ4v) is 4.16. The number of amides is 2. The number of allylic oxidation sites excluding steroid dienone is 1. The molecule has 35 heavy (non-hydrogen) atoms. The van der Waals surface area contributed by atoms with Crippen molar-refractivity contribution < 1.29 is 33.8 Å². The summed E-state index contributed by atoms with van der Waals surface area (Å²) < 4.78 is 11.3. The Bertz CT molecular complexity index is 1300. The molecule has 2 aliphatic rings. The maximum Gasteiger partial charge on any atom is 0.344 e. The van der Waals surface area contributed by atoms with Crippen LogP contribution in [-0.4, -0.2) is 53.1 Å². The molecule has 0 aromatic heterocycles. The van der Waals surface area contributed by atoms with Crippen molar-refractivity contribution in [3.8, 4) is 5.75 Å². The summed E-state index contributed by atoms with van der Waals surface area (Å²) in [5.74, 6) is -2.99. The van der Waals surface area contributed by atoms with E-state index in [0.29, 0.717) is 12.0 Å². The molecule has 2 unspecified atom stereocenters. The van der Waals surface area contributed by atoms with E-state index in [1.54, 1.807) is 31.3 Å². The highest BCUT2D eigenvalue weighted by Crippen LogP contribution is 2.40. The number of esters is 1. The fraction of sp³-hybridized carbons (Fsp3) is 0.200. The first kappa shape index (κ1) is 23.7. The molecule has 4 N–H and O–H groups in total. The SMILES string of the molecule is COC1Nc2c(ccc(C)c2OC(=O)c2ccccc2C(=O)O)C(=O)N2C=C(C=CC(N)=O)CC12. The summed E-state index contributed by atoms with van der Waals surface area (Å²) in [5, 5.41) is 12.6. The van der Waals surface area contributed by atoms with Gasteiger partial charge in [-0.2, -0.15) is 0 Å². The molecule has 0 saturated carbocycles. The largest absolute Gasteiger partial charge is 0.478 e. The van der Waals surface area contributed by atoms with E-state index >= 15 is 0 Å². The summed E-state index contributed by atoms with van der Waals surface area (Å²) in [6.45, 7) is 1.71. The Balaban J connectivity index is 1.74. The van der Waals surface area contributed by atoms with Crippen molar-refractivity contribution in [2.75, 3.05) is 12.4 Å². The monoisotopic (exact) mass is 477 g/mol. The highest BCUT2D eigenvalue weighted by molar-refractivity contribution is 6.06. The number of carboxylic acids is 1. The van der Waals surface area contributed by atoms with E-state index in [0.717, 1.165) is 5.57 Å². The predicted molar refractivity (Wildman–Crippen MR) is 125 cm³/mol. The average Bonchev–Trinajstić information content (AvgIpc) is 3.22. The van der Waals surface area contributed by atoms with Crippen LogP contribution in [0.5, 0.6) is 5.75 Å². The zero-order valence-electron chi connectivity index (χ0n) is 19.0. The zero-order chi connectivity index (χ0) is 25.3. The third-order valence-corrected chi connectivity index (χ3v) is 5.85. The molecule has 2 aromatic carbocycles. The Labute approximate surface area is 200 Å².